The molecule has 0 bridgehead atoms. The Morgan fingerprint density at radius 2 is 1.90 bits per heavy atom. The highest BCUT2D eigenvalue weighted by Crippen LogP contribution is 2.42. The molecule has 1 saturated carbocycles. The number of carbonyl (C=O) groups is 1. The number of hydrogen-bond donors (Lipinski definition) is 0. The second kappa shape index (κ2) is 6.78. The number of hydrogen-bond acceptors (Lipinski definition) is 3. The quantitative estimate of drug-likeness (QED) is 0.791. The minimum Gasteiger partial charge on any atom is -0.370 e. The summed E-state index contributed by atoms with van der Waals surface area (Å²) in [5, 5.41) is 0. The van der Waals surface area contributed by atoms with Gasteiger partial charge in [-0.2, -0.15) is 0 Å². The van der Waals surface area contributed by atoms with E-state index in [4.69, 9.17) is 4.74 Å². The standard InChI is InChI=1S/C18H31NO2/c1-15(20)13-16-7-3-6-12-19(16)14-17-8-11-18(21-17)9-4-2-5-10-18/h16-17H,2-14H2,1H3. The van der Waals surface area contributed by atoms with E-state index in [1.807, 2.05) is 0 Å². The number of ether oxygens (including phenoxy) is 1. The van der Waals surface area contributed by atoms with Crippen molar-refractivity contribution in [2.45, 2.75) is 95.3 Å². The van der Waals surface area contributed by atoms with Gasteiger partial charge in [0.05, 0.1) is 11.7 Å². The van der Waals surface area contributed by atoms with Crippen molar-refractivity contribution in [1.29, 1.82) is 0 Å². The number of nitrogens with zero attached hydrogens (tertiary/aromatic N) is 1. The Balaban J connectivity index is 1.54. The van der Waals surface area contributed by atoms with Crippen LogP contribution in [0.4, 0.5) is 0 Å². The minimum absolute atomic E-state index is 0.231. The van der Waals surface area contributed by atoms with Crippen molar-refractivity contribution in [3.8, 4) is 0 Å². The Morgan fingerprint density at radius 3 is 2.67 bits per heavy atom. The molecule has 21 heavy (non-hydrogen) atoms. The van der Waals surface area contributed by atoms with E-state index in [2.05, 4.69) is 4.90 Å². The molecule has 2 unspecified atom stereocenters. The molecule has 2 saturated heterocycles. The van der Waals surface area contributed by atoms with Crippen LogP contribution >= 0.6 is 0 Å². The largest absolute Gasteiger partial charge is 0.370 e. The normalized spacial score (nSPS) is 33.4. The van der Waals surface area contributed by atoms with Crippen molar-refractivity contribution in [2.24, 2.45) is 0 Å². The summed E-state index contributed by atoms with van der Waals surface area (Å²) in [5.74, 6) is 0.336. The average molecular weight is 293 g/mol. The number of Topliss-reactive ketones (excluding diaryl/α,β-unsaturated/α-hetero) is 1. The monoisotopic (exact) mass is 293 g/mol. The summed E-state index contributed by atoms with van der Waals surface area (Å²) in [6, 6.07) is 0.475. The van der Waals surface area contributed by atoms with E-state index >= 15 is 0 Å². The summed E-state index contributed by atoms with van der Waals surface area (Å²) < 4.78 is 6.52. The molecule has 1 spiro atoms. The van der Waals surface area contributed by atoms with Gasteiger partial charge in [-0.3, -0.25) is 9.69 Å². The molecule has 3 nitrogen and oxygen atoms in total. The SMILES string of the molecule is CC(=O)CC1CCCCN1CC1CCC2(CCCCC2)O1. The maximum atomic E-state index is 11.5. The summed E-state index contributed by atoms with van der Waals surface area (Å²) in [4.78, 5) is 14.0. The van der Waals surface area contributed by atoms with E-state index in [9.17, 15) is 4.79 Å². The fraction of sp³-hybridized carbons (Fsp3) is 0.944. The Labute approximate surface area is 129 Å². The molecule has 3 fully saturated rings. The molecule has 0 aromatic heterocycles. The molecule has 0 N–H and O–H groups in total. The van der Waals surface area contributed by atoms with Gasteiger partial charge in [0, 0.05) is 19.0 Å². The Bertz CT molecular complexity index is 362. The number of piperidine rings is 1. The average Bonchev–Trinajstić information content (AvgIpc) is 2.84. The first-order valence-electron chi connectivity index (χ1n) is 9.08. The van der Waals surface area contributed by atoms with Gasteiger partial charge in [0.25, 0.3) is 0 Å². The minimum atomic E-state index is 0.231. The van der Waals surface area contributed by atoms with Crippen molar-refractivity contribution in [3.05, 3.63) is 0 Å². The zero-order valence-electron chi connectivity index (χ0n) is 13.6. The van der Waals surface area contributed by atoms with Crippen LogP contribution in [0.2, 0.25) is 0 Å². The highest BCUT2D eigenvalue weighted by atomic mass is 16.5. The van der Waals surface area contributed by atoms with E-state index in [0.29, 0.717) is 17.9 Å². The fourth-order valence-corrected chi connectivity index (χ4v) is 4.71. The smallest absolute Gasteiger partial charge is 0.131 e. The van der Waals surface area contributed by atoms with Gasteiger partial charge in [0.15, 0.2) is 0 Å². The fourth-order valence-electron chi connectivity index (χ4n) is 4.71. The van der Waals surface area contributed by atoms with E-state index in [1.54, 1.807) is 6.92 Å². The summed E-state index contributed by atoms with van der Waals surface area (Å²) in [6.45, 7) is 3.94. The van der Waals surface area contributed by atoms with Gasteiger partial charge in [-0.25, -0.2) is 0 Å². The van der Waals surface area contributed by atoms with Crippen LogP contribution in [0.15, 0.2) is 0 Å². The predicted molar refractivity (Wildman–Crippen MR) is 84.4 cm³/mol. The maximum Gasteiger partial charge on any atom is 0.131 e. The molecule has 2 heterocycles. The highest BCUT2D eigenvalue weighted by molar-refractivity contribution is 5.76. The van der Waals surface area contributed by atoms with E-state index in [1.165, 1.54) is 64.2 Å². The maximum absolute atomic E-state index is 11.5. The lowest BCUT2D eigenvalue weighted by Crippen LogP contribution is -2.45. The summed E-state index contributed by atoms with van der Waals surface area (Å²) in [5.41, 5.74) is 0.231. The molecule has 3 rings (SSSR count). The molecule has 0 aromatic carbocycles. The number of likely N-dealkylation sites (tertiary alicyclic amines) is 1. The lowest BCUT2D eigenvalue weighted by atomic mass is 9.83. The van der Waals surface area contributed by atoms with E-state index in [-0.39, 0.29) is 5.60 Å². The lowest BCUT2D eigenvalue weighted by molar-refractivity contribution is -0.119. The number of ketones is 1. The molecular weight excluding hydrogens is 262 g/mol. The van der Waals surface area contributed by atoms with Gasteiger partial charge in [-0.15, -0.1) is 0 Å². The van der Waals surface area contributed by atoms with Crippen molar-refractivity contribution < 1.29 is 9.53 Å². The Morgan fingerprint density at radius 1 is 1.10 bits per heavy atom. The van der Waals surface area contributed by atoms with Gasteiger partial charge >= 0.3 is 0 Å². The van der Waals surface area contributed by atoms with Crippen molar-refractivity contribution in [3.63, 3.8) is 0 Å². The molecule has 2 aliphatic heterocycles. The van der Waals surface area contributed by atoms with Crippen LogP contribution in [0.1, 0.15) is 77.6 Å². The van der Waals surface area contributed by atoms with Gasteiger partial charge in [0.1, 0.15) is 5.78 Å². The molecule has 3 heteroatoms. The van der Waals surface area contributed by atoms with Crippen LogP contribution in [0.25, 0.3) is 0 Å². The van der Waals surface area contributed by atoms with Crippen molar-refractivity contribution in [1.82, 2.24) is 4.90 Å². The van der Waals surface area contributed by atoms with Crippen LogP contribution in [-0.2, 0) is 9.53 Å². The first-order valence-corrected chi connectivity index (χ1v) is 9.08. The summed E-state index contributed by atoms with van der Waals surface area (Å²) in [7, 11) is 0. The molecule has 120 valence electrons. The van der Waals surface area contributed by atoms with Gasteiger partial charge in [-0.1, -0.05) is 25.7 Å². The van der Waals surface area contributed by atoms with Crippen molar-refractivity contribution in [2.75, 3.05) is 13.1 Å². The molecule has 0 radical (unpaired) electrons. The third-order valence-corrected chi connectivity index (χ3v) is 5.81. The Kier molecular flexibility index (Phi) is 5.00. The topological polar surface area (TPSA) is 29.5 Å². The van der Waals surface area contributed by atoms with Crippen LogP contribution < -0.4 is 0 Å². The number of rotatable bonds is 4. The van der Waals surface area contributed by atoms with Crippen LogP contribution in [-0.4, -0.2) is 41.5 Å². The van der Waals surface area contributed by atoms with Crippen molar-refractivity contribution >= 4 is 5.78 Å². The zero-order valence-corrected chi connectivity index (χ0v) is 13.6. The molecular formula is C18H31NO2. The first kappa shape index (κ1) is 15.5. The molecule has 2 atom stereocenters. The summed E-state index contributed by atoms with van der Waals surface area (Å²) in [6.07, 6.45) is 14.0. The third kappa shape index (κ3) is 3.87. The van der Waals surface area contributed by atoms with E-state index in [0.717, 1.165) is 19.5 Å². The summed E-state index contributed by atoms with van der Waals surface area (Å²) >= 11 is 0. The highest BCUT2D eigenvalue weighted by Gasteiger charge is 2.41. The van der Waals surface area contributed by atoms with Crippen LogP contribution in [0.3, 0.4) is 0 Å². The first-order chi connectivity index (χ1) is 10.2. The Hall–Kier alpha value is -0.410. The molecule has 0 aromatic rings. The van der Waals surface area contributed by atoms with E-state index < -0.39 is 0 Å². The zero-order chi connectivity index (χ0) is 14.7. The van der Waals surface area contributed by atoms with Gasteiger partial charge in [-0.05, 0) is 52.0 Å². The predicted octanol–water partition coefficient (Wildman–Crippen LogP) is 3.70. The molecule has 0 amide bonds. The second-order valence-corrected chi connectivity index (χ2v) is 7.57. The number of carbonyl (C=O) groups excluding carboxylic acids is 1. The third-order valence-electron chi connectivity index (χ3n) is 5.81. The second-order valence-electron chi connectivity index (χ2n) is 7.57. The molecule has 3 aliphatic rings. The van der Waals surface area contributed by atoms with Crippen LogP contribution in [0, 0.1) is 0 Å². The van der Waals surface area contributed by atoms with Gasteiger partial charge in [0.2, 0.25) is 0 Å². The lowest BCUT2D eigenvalue weighted by Gasteiger charge is -2.38. The van der Waals surface area contributed by atoms with Crippen LogP contribution in [0.5, 0.6) is 0 Å². The molecule has 1 aliphatic carbocycles. The van der Waals surface area contributed by atoms with Gasteiger partial charge < -0.3 is 4.74 Å².